The van der Waals surface area contributed by atoms with Gasteiger partial charge >= 0.3 is 5.97 Å². The number of fused-ring (bicyclic) bond motifs is 4. The number of methoxy groups -OCH3 is 1. The van der Waals surface area contributed by atoms with Crippen LogP contribution in [-0.4, -0.2) is 89.9 Å². The summed E-state index contributed by atoms with van der Waals surface area (Å²) in [7, 11) is 3.30. The number of halogens is 1. The van der Waals surface area contributed by atoms with E-state index < -0.39 is 11.5 Å². The van der Waals surface area contributed by atoms with Crippen molar-refractivity contribution in [2.24, 2.45) is 5.92 Å². The highest BCUT2D eigenvalue weighted by atomic mass is 35.5. The molecule has 4 aliphatic rings. The first-order valence-corrected chi connectivity index (χ1v) is 20.3. The largest absolute Gasteiger partial charge is 0.506 e. The summed E-state index contributed by atoms with van der Waals surface area (Å²) in [6.07, 6.45) is 7.57. The molecule has 1 amide bonds. The maximum atomic E-state index is 14.0. The van der Waals surface area contributed by atoms with Gasteiger partial charge in [0.15, 0.2) is 0 Å². The number of esters is 1. The fourth-order valence-corrected chi connectivity index (χ4v) is 9.27. The molecule has 1 aromatic heterocycles. The van der Waals surface area contributed by atoms with Gasteiger partial charge in [-0.25, -0.2) is 0 Å². The van der Waals surface area contributed by atoms with Crippen LogP contribution in [0.15, 0.2) is 65.5 Å². The van der Waals surface area contributed by atoms with E-state index in [1.54, 1.807) is 36.2 Å². The molecule has 3 aliphatic heterocycles. The van der Waals surface area contributed by atoms with Gasteiger partial charge in [0, 0.05) is 50.2 Å². The molecule has 2 atom stereocenters. The number of aryl methyl sites for hydroxylation is 1. The van der Waals surface area contributed by atoms with E-state index in [1.807, 2.05) is 0 Å². The molecule has 8 rings (SSSR count). The van der Waals surface area contributed by atoms with Gasteiger partial charge in [-0.15, -0.1) is 0 Å². The van der Waals surface area contributed by atoms with E-state index in [1.165, 1.54) is 19.2 Å². The monoisotopic (exact) mass is 784 g/mol. The van der Waals surface area contributed by atoms with Gasteiger partial charge in [-0.1, -0.05) is 61.2 Å². The van der Waals surface area contributed by atoms with E-state index >= 15 is 0 Å². The van der Waals surface area contributed by atoms with Crippen molar-refractivity contribution in [1.29, 1.82) is 0 Å². The zero-order chi connectivity index (χ0) is 39.4. The van der Waals surface area contributed by atoms with Crippen molar-refractivity contribution in [3.8, 4) is 11.5 Å². The summed E-state index contributed by atoms with van der Waals surface area (Å²) in [6, 6.07) is 17.8. The molecular formula is C44H53ClN4O7. The fourth-order valence-electron chi connectivity index (χ4n) is 9.00. The second-order valence-corrected chi connectivity index (χ2v) is 16.2. The molecule has 4 aromatic rings. The molecule has 0 radical (unpaired) electrons. The van der Waals surface area contributed by atoms with Gasteiger partial charge in [0.25, 0.3) is 5.91 Å². The van der Waals surface area contributed by atoms with Crippen molar-refractivity contribution < 1.29 is 29.3 Å². The number of aromatic amines is 1. The predicted octanol–water partition coefficient (Wildman–Crippen LogP) is 6.26. The molecule has 1 saturated carbocycles. The van der Waals surface area contributed by atoms with Crippen LogP contribution in [0.3, 0.4) is 0 Å². The quantitative estimate of drug-likeness (QED) is 0.109. The average molecular weight is 785 g/mol. The third kappa shape index (κ3) is 8.46. The number of carbonyl (C=O) groups excluding carboxylic acids is 2. The molecule has 0 spiro atoms. The van der Waals surface area contributed by atoms with Gasteiger partial charge in [0.2, 0.25) is 5.56 Å². The Morgan fingerprint density at radius 2 is 1.86 bits per heavy atom. The molecule has 4 N–H and O–H groups in total. The van der Waals surface area contributed by atoms with Crippen LogP contribution in [0.5, 0.6) is 11.5 Å². The zero-order valence-corrected chi connectivity index (χ0v) is 33.1. The number of phenolic OH excluding ortho intramolecular Hbond substituents is 1. The molecule has 2 bridgehead atoms. The summed E-state index contributed by atoms with van der Waals surface area (Å²) in [4.78, 5) is 46.2. The first kappa shape index (κ1) is 39.8. The number of H-pyrrole nitrogens is 1. The molecule has 12 heteroatoms. The van der Waals surface area contributed by atoms with Crippen molar-refractivity contribution >= 4 is 34.4 Å². The lowest BCUT2D eigenvalue weighted by Crippen LogP contribution is -2.53. The number of nitrogens with zero attached hydrogens (tertiary/aromatic N) is 2. The van der Waals surface area contributed by atoms with E-state index in [0.29, 0.717) is 51.9 Å². The SMILES string of the molecule is COc1cc(C(=O)N(C)CCCc2cccc(C3(C(=O)O[C@H]4CN5CCC4CC5)CCCCC3)c2)c(Cl)cc1CNC[C@@H](O)c1ccc(O)c2[nH]c(=O)ccc12. The number of rotatable bonds is 14. The lowest BCUT2D eigenvalue weighted by atomic mass is 9.69. The molecule has 1 aliphatic carbocycles. The summed E-state index contributed by atoms with van der Waals surface area (Å²) in [5.74, 6) is 0.621. The number of pyridine rings is 1. The van der Waals surface area contributed by atoms with Crippen LogP contribution in [0.25, 0.3) is 10.9 Å². The second-order valence-electron chi connectivity index (χ2n) is 15.8. The van der Waals surface area contributed by atoms with Gasteiger partial charge in [0.05, 0.1) is 34.7 Å². The Labute approximate surface area is 332 Å². The van der Waals surface area contributed by atoms with E-state index in [9.17, 15) is 24.6 Å². The van der Waals surface area contributed by atoms with Gasteiger partial charge in [-0.2, -0.15) is 0 Å². The highest BCUT2D eigenvalue weighted by Crippen LogP contribution is 2.42. The van der Waals surface area contributed by atoms with E-state index in [-0.39, 0.29) is 41.4 Å². The molecule has 0 unspecified atom stereocenters. The minimum Gasteiger partial charge on any atom is -0.506 e. The second kappa shape index (κ2) is 17.4. The number of aliphatic hydroxyl groups is 1. The summed E-state index contributed by atoms with van der Waals surface area (Å²) in [5.41, 5.74) is 3.11. The number of hydrogen-bond donors (Lipinski definition) is 4. The minimum atomic E-state index is -0.938. The Morgan fingerprint density at radius 3 is 2.59 bits per heavy atom. The first-order chi connectivity index (χ1) is 27.1. The molecule has 3 aromatic carbocycles. The molecule has 11 nitrogen and oxygen atoms in total. The number of aliphatic hydroxyl groups excluding tert-OH is 1. The lowest BCUT2D eigenvalue weighted by Gasteiger charge is -2.45. The summed E-state index contributed by atoms with van der Waals surface area (Å²) >= 11 is 6.69. The maximum absolute atomic E-state index is 14.0. The molecule has 56 heavy (non-hydrogen) atoms. The van der Waals surface area contributed by atoms with Crippen molar-refractivity contribution in [1.82, 2.24) is 20.1 Å². The van der Waals surface area contributed by atoms with Crippen molar-refractivity contribution in [3.63, 3.8) is 0 Å². The summed E-state index contributed by atoms with van der Waals surface area (Å²) in [5, 5.41) is 25.2. The van der Waals surface area contributed by atoms with E-state index in [0.717, 1.165) is 88.5 Å². The first-order valence-electron chi connectivity index (χ1n) is 19.9. The number of carbonyl (C=O) groups is 2. The van der Waals surface area contributed by atoms with Gasteiger partial charge in [-0.3, -0.25) is 19.3 Å². The van der Waals surface area contributed by atoms with Gasteiger partial charge in [0.1, 0.15) is 17.6 Å². The predicted molar refractivity (Wildman–Crippen MR) is 216 cm³/mol. The van der Waals surface area contributed by atoms with Crippen molar-refractivity contribution in [2.75, 3.05) is 46.9 Å². The maximum Gasteiger partial charge on any atom is 0.316 e. The standard InChI is InChI=1S/C44H53ClN4O7/c1-48(19-7-9-28-8-6-10-31(22-28)44(17-4-3-5-18-44)43(54)56-39-27-49-20-15-29(39)16-21-49)42(53)34-24-38(55-2)30(23-35(34)45)25-46-26-37(51)32-11-13-36(50)41-33(32)12-14-40(52)47-41/h6,8,10-14,22-24,29,37,39,46,50-51H,3-5,7,9,15-21,25-27H2,1-2H3,(H,47,52)/t37-,39+/m1/s1. The number of benzene rings is 3. The van der Waals surface area contributed by atoms with Crippen LogP contribution in [0.2, 0.25) is 5.02 Å². The number of nitrogens with one attached hydrogen (secondary N) is 2. The highest BCUT2D eigenvalue weighted by molar-refractivity contribution is 6.34. The van der Waals surface area contributed by atoms with Gasteiger partial charge in [-0.05, 0) is 98.5 Å². The number of aromatic nitrogens is 1. The minimum absolute atomic E-state index is 0.00472. The topological polar surface area (TPSA) is 144 Å². The highest BCUT2D eigenvalue weighted by Gasteiger charge is 2.46. The third-order valence-corrected chi connectivity index (χ3v) is 12.6. The third-order valence-electron chi connectivity index (χ3n) is 12.3. The number of phenols is 1. The molecule has 3 saturated heterocycles. The van der Waals surface area contributed by atoms with Crippen molar-refractivity contribution in [3.05, 3.63) is 104 Å². The van der Waals surface area contributed by atoms with Crippen LogP contribution in [0, 0.1) is 5.92 Å². The number of piperidine rings is 3. The van der Waals surface area contributed by atoms with Crippen LogP contribution >= 0.6 is 11.6 Å². The lowest BCUT2D eigenvalue weighted by molar-refractivity contribution is -0.167. The average Bonchev–Trinajstić information content (AvgIpc) is 3.21. The number of ether oxygens (including phenoxy) is 2. The molecule has 298 valence electrons. The number of amides is 1. The van der Waals surface area contributed by atoms with Crippen LogP contribution in [0.4, 0.5) is 0 Å². The Morgan fingerprint density at radius 1 is 1.07 bits per heavy atom. The zero-order valence-electron chi connectivity index (χ0n) is 32.3. The van der Waals surface area contributed by atoms with Crippen LogP contribution in [0.1, 0.15) is 90.1 Å². The Hall–Kier alpha value is -4.42. The number of aromatic hydroxyl groups is 1. The van der Waals surface area contributed by atoms with E-state index in [4.69, 9.17) is 21.1 Å². The van der Waals surface area contributed by atoms with Crippen molar-refractivity contribution in [2.45, 2.75) is 82.0 Å². The summed E-state index contributed by atoms with van der Waals surface area (Å²) in [6.45, 7) is 4.05. The fraction of sp³-hybridized carbons (Fsp3) is 0.477. The van der Waals surface area contributed by atoms with Gasteiger partial charge < -0.3 is 34.9 Å². The van der Waals surface area contributed by atoms with E-state index in [2.05, 4.69) is 39.5 Å². The summed E-state index contributed by atoms with van der Waals surface area (Å²) < 4.78 is 12.0. The Balaban J connectivity index is 0.950. The number of hydrogen-bond acceptors (Lipinski definition) is 9. The normalized spacial score (nSPS) is 20.8. The Kier molecular flexibility index (Phi) is 12.4. The van der Waals surface area contributed by atoms with Crippen LogP contribution < -0.4 is 15.6 Å². The molecule has 4 heterocycles. The van der Waals surface area contributed by atoms with Crippen LogP contribution in [-0.2, 0) is 27.9 Å². The molecular weight excluding hydrogens is 732 g/mol. The smallest absolute Gasteiger partial charge is 0.316 e. The Bertz CT molecular complexity index is 2110. The molecule has 4 fully saturated rings.